The lowest BCUT2D eigenvalue weighted by molar-refractivity contribution is -0.139. The van der Waals surface area contributed by atoms with Crippen molar-refractivity contribution in [3.63, 3.8) is 0 Å². The number of fused-ring (bicyclic) bond motifs is 1. The summed E-state index contributed by atoms with van der Waals surface area (Å²) in [6.07, 6.45) is 2.14. The zero-order chi connectivity index (χ0) is 16.0. The number of halogens is 1. The van der Waals surface area contributed by atoms with Crippen LogP contribution in [-0.2, 0) is 16.0 Å². The number of hydrogen-bond donors (Lipinski definition) is 1. The van der Waals surface area contributed by atoms with Gasteiger partial charge in [-0.2, -0.15) is 0 Å². The number of allylic oxidation sites excluding steroid dienone is 1. The first kappa shape index (κ1) is 14.6. The molecule has 1 N–H and O–H groups in total. The fraction of sp³-hybridized carbons (Fsp3) is 0.375. The van der Waals surface area contributed by atoms with Crippen molar-refractivity contribution in [1.29, 1.82) is 0 Å². The van der Waals surface area contributed by atoms with Crippen LogP contribution in [0.25, 0.3) is 6.08 Å². The second-order valence-electron chi connectivity index (χ2n) is 5.50. The molecule has 0 radical (unpaired) electrons. The zero-order valence-corrected chi connectivity index (χ0v) is 12.2. The van der Waals surface area contributed by atoms with Gasteiger partial charge >= 0.3 is 5.97 Å². The van der Waals surface area contributed by atoms with E-state index in [0.29, 0.717) is 23.1 Å². The number of benzene rings is 1. The molecule has 1 fully saturated rings. The average Bonchev–Trinajstić information content (AvgIpc) is 3.19. The van der Waals surface area contributed by atoms with E-state index in [4.69, 9.17) is 14.6 Å². The Balaban J connectivity index is 1.90. The van der Waals surface area contributed by atoms with Crippen LogP contribution in [0.1, 0.15) is 17.5 Å². The molecule has 116 valence electrons. The summed E-state index contributed by atoms with van der Waals surface area (Å²) in [7, 11) is 2.76. The van der Waals surface area contributed by atoms with Crippen LogP contribution in [0.2, 0.25) is 0 Å². The standard InChI is InChI=1S/C16H15FO5/c1-21-12-5-7-3-8(4-9(7)13(17)15(12)22-2)14(18)10-6-11(10)16(19)20/h4-5,10-11H,3,6H2,1-2H3,(H,19,20)/t10-,11+/m0/s1. The number of Topliss-reactive ketones (excluding diaryl/α,β-unsaturated/α-hetero) is 1. The summed E-state index contributed by atoms with van der Waals surface area (Å²) < 4.78 is 24.5. The molecule has 22 heavy (non-hydrogen) atoms. The molecular formula is C16H15FO5. The highest BCUT2D eigenvalue weighted by molar-refractivity contribution is 6.06. The smallest absolute Gasteiger partial charge is 0.307 e. The summed E-state index contributed by atoms with van der Waals surface area (Å²) in [4.78, 5) is 23.2. The highest BCUT2D eigenvalue weighted by Crippen LogP contribution is 2.44. The third-order valence-corrected chi connectivity index (χ3v) is 4.20. The van der Waals surface area contributed by atoms with E-state index in [9.17, 15) is 14.0 Å². The first-order chi connectivity index (χ1) is 10.5. The molecule has 1 aromatic carbocycles. The van der Waals surface area contributed by atoms with Gasteiger partial charge in [-0.25, -0.2) is 4.39 Å². The molecule has 0 saturated heterocycles. The van der Waals surface area contributed by atoms with E-state index in [1.54, 1.807) is 6.07 Å². The van der Waals surface area contributed by atoms with Gasteiger partial charge in [-0.05, 0) is 24.1 Å². The van der Waals surface area contributed by atoms with Gasteiger partial charge < -0.3 is 14.6 Å². The SMILES string of the molecule is COc1cc2c(c(F)c1OC)C=C(C(=O)[C@H]1C[C@H]1C(=O)O)C2. The van der Waals surface area contributed by atoms with Crippen molar-refractivity contribution in [2.24, 2.45) is 11.8 Å². The van der Waals surface area contributed by atoms with Crippen LogP contribution in [0, 0.1) is 17.7 Å². The van der Waals surface area contributed by atoms with Crippen molar-refractivity contribution < 1.29 is 28.6 Å². The molecule has 5 nitrogen and oxygen atoms in total. The molecular weight excluding hydrogens is 291 g/mol. The van der Waals surface area contributed by atoms with Gasteiger partial charge in [0.1, 0.15) is 0 Å². The van der Waals surface area contributed by atoms with Crippen molar-refractivity contribution in [1.82, 2.24) is 0 Å². The normalized spacial score (nSPS) is 21.9. The van der Waals surface area contributed by atoms with E-state index in [2.05, 4.69) is 0 Å². The quantitative estimate of drug-likeness (QED) is 0.901. The third kappa shape index (κ3) is 2.15. The largest absolute Gasteiger partial charge is 0.493 e. The molecule has 0 aromatic heterocycles. The second kappa shape index (κ2) is 5.12. The number of rotatable bonds is 5. The number of carboxylic acids is 1. The number of methoxy groups -OCH3 is 2. The highest BCUT2D eigenvalue weighted by atomic mass is 19.1. The van der Waals surface area contributed by atoms with Crippen molar-refractivity contribution >= 4 is 17.8 Å². The average molecular weight is 306 g/mol. The van der Waals surface area contributed by atoms with Crippen LogP contribution in [-0.4, -0.2) is 31.1 Å². The minimum atomic E-state index is -0.955. The molecule has 0 spiro atoms. The van der Waals surface area contributed by atoms with Crippen molar-refractivity contribution in [3.8, 4) is 11.5 Å². The lowest BCUT2D eigenvalue weighted by Crippen LogP contribution is -2.10. The Morgan fingerprint density at radius 2 is 2.00 bits per heavy atom. The van der Waals surface area contributed by atoms with Gasteiger partial charge in [0.25, 0.3) is 0 Å². The van der Waals surface area contributed by atoms with E-state index in [1.165, 1.54) is 20.3 Å². The Hall–Kier alpha value is -2.37. The van der Waals surface area contributed by atoms with Gasteiger partial charge in [0.2, 0.25) is 0 Å². The molecule has 0 aliphatic heterocycles. The van der Waals surface area contributed by atoms with Gasteiger partial charge in [0.15, 0.2) is 23.1 Å². The maximum absolute atomic E-state index is 14.4. The number of aliphatic carboxylic acids is 1. The molecule has 0 amide bonds. The van der Waals surface area contributed by atoms with Crippen molar-refractivity contribution in [2.45, 2.75) is 12.8 Å². The van der Waals surface area contributed by atoms with Gasteiger partial charge in [0.05, 0.1) is 20.1 Å². The number of hydrogen-bond acceptors (Lipinski definition) is 4. The fourth-order valence-electron chi connectivity index (χ4n) is 2.90. The predicted molar refractivity (Wildman–Crippen MR) is 75.4 cm³/mol. The highest BCUT2D eigenvalue weighted by Gasteiger charge is 2.49. The van der Waals surface area contributed by atoms with E-state index < -0.39 is 23.6 Å². The molecule has 1 aromatic rings. The minimum Gasteiger partial charge on any atom is -0.493 e. The van der Waals surface area contributed by atoms with Crippen molar-refractivity contribution in [3.05, 3.63) is 28.6 Å². The number of carbonyl (C=O) groups is 2. The summed E-state index contributed by atoms with van der Waals surface area (Å²) >= 11 is 0. The Kier molecular flexibility index (Phi) is 3.39. The first-order valence-electron chi connectivity index (χ1n) is 6.88. The molecule has 6 heteroatoms. The zero-order valence-electron chi connectivity index (χ0n) is 12.2. The maximum Gasteiger partial charge on any atom is 0.307 e. The third-order valence-electron chi connectivity index (χ3n) is 4.20. The molecule has 3 rings (SSSR count). The second-order valence-corrected chi connectivity index (χ2v) is 5.50. The Labute approximate surface area is 126 Å². The van der Waals surface area contributed by atoms with E-state index in [0.717, 1.165) is 0 Å². The van der Waals surface area contributed by atoms with Gasteiger partial charge in [-0.1, -0.05) is 0 Å². The lowest BCUT2D eigenvalue weighted by Gasteiger charge is -2.11. The molecule has 0 heterocycles. The van der Waals surface area contributed by atoms with Crippen LogP contribution in [0.5, 0.6) is 11.5 Å². The fourth-order valence-corrected chi connectivity index (χ4v) is 2.90. The maximum atomic E-state index is 14.4. The topological polar surface area (TPSA) is 72.8 Å². The van der Waals surface area contributed by atoms with Gasteiger partial charge in [-0.15, -0.1) is 0 Å². The van der Waals surface area contributed by atoms with Crippen LogP contribution >= 0.6 is 0 Å². The molecule has 0 unspecified atom stereocenters. The monoisotopic (exact) mass is 306 g/mol. The van der Waals surface area contributed by atoms with Crippen LogP contribution in [0.3, 0.4) is 0 Å². The molecule has 1 saturated carbocycles. The number of carboxylic acid groups (broad SMARTS) is 1. The Morgan fingerprint density at radius 3 is 2.55 bits per heavy atom. The van der Waals surface area contributed by atoms with Gasteiger partial charge in [-0.3, -0.25) is 9.59 Å². The van der Waals surface area contributed by atoms with Gasteiger partial charge in [0, 0.05) is 23.5 Å². The van der Waals surface area contributed by atoms with E-state index >= 15 is 0 Å². The van der Waals surface area contributed by atoms with E-state index in [-0.39, 0.29) is 23.7 Å². The Morgan fingerprint density at radius 1 is 1.27 bits per heavy atom. The number of ether oxygens (including phenoxy) is 2. The summed E-state index contributed by atoms with van der Waals surface area (Å²) in [6.45, 7) is 0. The first-order valence-corrected chi connectivity index (χ1v) is 6.88. The number of ketones is 1. The predicted octanol–water partition coefficient (Wildman–Crippen LogP) is 2.07. The molecule has 2 aliphatic carbocycles. The summed E-state index contributed by atoms with van der Waals surface area (Å²) in [5.74, 6) is -2.54. The summed E-state index contributed by atoms with van der Waals surface area (Å²) in [5, 5.41) is 8.90. The lowest BCUT2D eigenvalue weighted by atomic mass is 10.0. The molecule has 0 bridgehead atoms. The number of carbonyl (C=O) groups excluding carboxylic acids is 1. The summed E-state index contributed by atoms with van der Waals surface area (Å²) in [6, 6.07) is 1.65. The minimum absolute atomic E-state index is 0.000957. The van der Waals surface area contributed by atoms with Crippen LogP contribution in [0.15, 0.2) is 11.6 Å². The molecule has 2 atom stereocenters. The van der Waals surface area contributed by atoms with Crippen LogP contribution < -0.4 is 9.47 Å². The van der Waals surface area contributed by atoms with E-state index in [1.807, 2.05) is 0 Å². The Bertz CT molecular complexity index is 707. The van der Waals surface area contributed by atoms with Crippen LogP contribution in [0.4, 0.5) is 4.39 Å². The van der Waals surface area contributed by atoms with Crippen molar-refractivity contribution in [2.75, 3.05) is 14.2 Å². The molecule has 2 aliphatic rings. The summed E-state index contributed by atoms with van der Waals surface area (Å²) in [5.41, 5.74) is 1.40.